The zero-order valence-corrected chi connectivity index (χ0v) is 9.50. The minimum atomic E-state index is -0.954. The highest BCUT2D eigenvalue weighted by molar-refractivity contribution is 7.15. The van der Waals surface area contributed by atoms with E-state index in [-0.39, 0.29) is 13.0 Å². The van der Waals surface area contributed by atoms with Gasteiger partial charge in [0.2, 0.25) is 5.13 Å². The molecule has 0 spiro atoms. The second-order valence-corrected chi connectivity index (χ2v) is 3.94. The molecule has 1 rings (SSSR count). The van der Waals surface area contributed by atoms with E-state index in [1.807, 2.05) is 6.92 Å². The van der Waals surface area contributed by atoms with Gasteiger partial charge in [-0.1, -0.05) is 18.3 Å². The van der Waals surface area contributed by atoms with Gasteiger partial charge in [-0.15, -0.1) is 10.2 Å². The number of carboxylic acid groups (broad SMARTS) is 1. The highest BCUT2D eigenvalue weighted by Gasteiger charge is 2.06. The highest BCUT2D eigenvalue weighted by atomic mass is 32.1. The van der Waals surface area contributed by atoms with Crippen LogP contribution in [0.4, 0.5) is 9.93 Å². The van der Waals surface area contributed by atoms with Crippen LogP contribution in [0.5, 0.6) is 0 Å². The molecule has 0 atom stereocenters. The highest BCUT2D eigenvalue weighted by Crippen LogP contribution is 2.14. The fourth-order valence-electron chi connectivity index (χ4n) is 0.871. The molecule has 0 fully saturated rings. The Bertz CT molecular complexity index is 379. The van der Waals surface area contributed by atoms with Crippen LogP contribution < -0.4 is 10.6 Å². The van der Waals surface area contributed by atoms with Crippen LogP contribution in [0, 0.1) is 0 Å². The molecule has 1 aromatic rings. The molecule has 0 aliphatic carbocycles. The van der Waals surface area contributed by atoms with Crippen molar-refractivity contribution in [2.45, 2.75) is 19.8 Å². The van der Waals surface area contributed by atoms with Crippen LogP contribution in [0.2, 0.25) is 0 Å². The number of carbonyl (C=O) groups excluding carboxylic acids is 1. The zero-order chi connectivity index (χ0) is 12.0. The van der Waals surface area contributed by atoms with Crippen LogP contribution >= 0.6 is 11.3 Å². The van der Waals surface area contributed by atoms with Gasteiger partial charge in [-0.25, -0.2) is 4.79 Å². The third-order valence-corrected chi connectivity index (χ3v) is 2.60. The number of aromatic nitrogens is 2. The van der Waals surface area contributed by atoms with Crippen LogP contribution in [0.1, 0.15) is 18.4 Å². The molecule has 88 valence electrons. The van der Waals surface area contributed by atoms with Gasteiger partial charge < -0.3 is 10.4 Å². The molecule has 1 heterocycles. The third kappa shape index (κ3) is 4.22. The van der Waals surface area contributed by atoms with Gasteiger partial charge in [0, 0.05) is 6.54 Å². The molecule has 0 saturated heterocycles. The van der Waals surface area contributed by atoms with E-state index < -0.39 is 12.0 Å². The zero-order valence-electron chi connectivity index (χ0n) is 8.69. The lowest BCUT2D eigenvalue weighted by molar-refractivity contribution is -0.136. The maximum Gasteiger partial charge on any atom is 0.321 e. The van der Waals surface area contributed by atoms with E-state index >= 15 is 0 Å². The Hall–Kier alpha value is -1.70. The molecular formula is C8H12N4O3S. The number of amides is 2. The molecule has 16 heavy (non-hydrogen) atoms. The van der Waals surface area contributed by atoms with Crippen LogP contribution in [-0.2, 0) is 11.2 Å². The number of hydrogen-bond donors (Lipinski definition) is 3. The van der Waals surface area contributed by atoms with Crippen molar-refractivity contribution in [3.63, 3.8) is 0 Å². The number of nitrogens with one attached hydrogen (secondary N) is 2. The lowest BCUT2D eigenvalue weighted by Crippen LogP contribution is -2.30. The summed E-state index contributed by atoms with van der Waals surface area (Å²) in [6.07, 6.45) is 0.656. The second kappa shape index (κ2) is 6.01. The summed E-state index contributed by atoms with van der Waals surface area (Å²) in [5, 5.41) is 22.0. The number of carbonyl (C=O) groups is 2. The van der Waals surface area contributed by atoms with E-state index in [1.54, 1.807) is 0 Å². The Morgan fingerprint density at radius 3 is 2.75 bits per heavy atom. The van der Waals surface area contributed by atoms with E-state index in [9.17, 15) is 9.59 Å². The van der Waals surface area contributed by atoms with Crippen LogP contribution in [0.25, 0.3) is 0 Å². The summed E-state index contributed by atoms with van der Waals surface area (Å²) in [6.45, 7) is 2.03. The van der Waals surface area contributed by atoms with Crippen LogP contribution in [-0.4, -0.2) is 33.8 Å². The van der Waals surface area contributed by atoms with Crippen molar-refractivity contribution in [2.24, 2.45) is 0 Å². The summed E-state index contributed by atoms with van der Waals surface area (Å²) in [7, 11) is 0. The van der Waals surface area contributed by atoms with Gasteiger partial charge in [-0.05, 0) is 6.42 Å². The lowest BCUT2D eigenvalue weighted by Gasteiger charge is -2.02. The van der Waals surface area contributed by atoms with E-state index in [0.29, 0.717) is 5.13 Å². The summed E-state index contributed by atoms with van der Waals surface area (Å²) >= 11 is 1.29. The molecule has 0 unspecified atom stereocenters. The van der Waals surface area contributed by atoms with Crippen molar-refractivity contribution in [3.05, 3.63) is 5.01 Å². The summed E-state index contributed by atoms with van der Waals surface area (Å²) in [4.78, 5) is 21.4. The van der Waals surface area contributed by atoms with Gasteiger partial charge in [-0.3, -0.25) is 10.1 Å². The SMILES string of the molecule is CCc1nnc(NC(=O)NCCC(=O)O)s1. The molecule has 7 nitrogen and oxygen atoms in total. The first-order chi connectivity index (χ1) is 7.61. The second-order valence-electron chi connectivity index (χ2n) is 2.88. The monoisotopic (exact) mass is 244 g/mol. The van der Waals surface area contributed by atoms with Gasteiger partial charge in [0.05, 0.1) is 6.42 Å². The number of anilines is 1. The van der Waals surface area contributed by atoms with E-state index in [1.165, 1.54) is 11.3 Å². The van der Waals surface area contributed by atoms with Gasteiger partial charge in [0.15, 0.2) is 0 Å². The Morgan fingerprint density at radius 1 is 1.44 bits per heavy atom. The quantitative estimate of drug-likeness (QED) is 0.707. The van der Waals surface area contributed by atoms with E-state index in [4.69, 9.17) is 5.11 Å². The number of aryl methyl sites for hydroxylation is 1. The molecule has 3 N–H and O–H groups in total. The fraction of sp³-hybridized carbons (Fsp3) is 0.500. The standard InChI is InChI=1S/C8H12N4O3S/c1-2-5-11-12-8(16-5)10-7(15)9-4-3-6(13)14/h2-4H2,1H3,(H,13,14)(H2,9,10,12,15). The average molecular weight is 244 g/mol. The first-order valence-electron chi connectivity index (χ1n) is 4.71. The van der Waals surface area contributed by atoms with Crippen molar-refractivity contribution in [1.29, 1.82) is 0 Å². The number of rotatable bonds is 5. The third-order valence-electron chi connectivity index (χ3n) is 1.61. The van der Waals surface area contributed by atoms with Gasteiger partial charge in [-0.2, -0.15) is 0 Å². The Balaban J connectivity index is 2.31. The maximum absolute atomic E-state index is 11.2. The Labute approximate surface area is 95.9 Å². The average Bonchev–Trinajstić information content (AvgIpc) is 2.65. The van der Waals surface area contributed by atoms with Gasteiger partial charge in [0.25, 0.3) is 0 Å². The minimum absolute atomic E-state index is 0.0839. The molecule has 0 radical (unpaired) electrons. The molecule has 0 aromatic carbocycles. The molecule has 0 bridgehead atoms. The number of carboxylic acids is 1. The number of hydrogen-bond acceptors (Lipinski definition) is 5. The Kier molecular flexibility index (Phi) is 4.65. The van der Waals surface area contributed by atoms with Crippen molar-refractivity contribution >= 4 is 28.5 Å². The summed E-state index contributed by atoms with van der Waals surface area (Å²) in [6, 6.07) is -0.472. The van der Waals surface area contributed by atoms with E-state index in [0.717, 1.165) is 11.4 Å². The predicted octanol–water partition coefficient (Wildman–Crippen LogP) is 0.697. The number of urea groups is 1. The summed E-state index contributed by atoms with van der Waals surface area (Å²) < 4.78 is 0. The Morgan fingerprint density at radius 2 is 2.19 bits per heavy atom. The lowest BCUT2D eigenvalue weighted by atomic mass is 10.4. The number of nitrogens with zero attached hydrogens (tertiary/aromatic N) is 2. The van der Waals surface area contributed by atoms with Gasteiger partial charge in [0.1, 0.15) is 5.01 Å². The fourth-order valence-corrected chi connectivity index (χ4v) is 1.55. The van der Waals surface area contributed by atoms with E-state index in [2.05, 4.69) is 20.8 Å². The molecule has 8 heteroatoms. The normalized spacial score (nSPS) is 9.81. The largest absolute Gasteiger partial charge is 0.481 e. The van der Waals surface area contributed by atoms with Crippen LogP contribution in [0.3, 0.4) is 0 Å². The molecule has 0 aliphatic heterocycles. The predicted molar refractivity (Wildman–Crippen MR) is 58.6 cm³/mol. The molecule has 1 aromatic heterocycles. The van der Waals surface area contributed by atoms with Crippen molar-refractivity contribution in [3.8, 4) is 0 Å². The molecular weight excluding hydrogens is 232 g/mol. The molecule has 2 amide bonds. The first kappa shape index (κ1) is 12.4. The van der Waals surface area contributed by atoms with Gasteiger partial charge >= 0.3 is 12.0 Å². The van der Waals surface area contributed by atoms with Crippen molar-refractivity contribution in [1.82, 2.24) is 15.5 Å². The minimum Gasteiger partial charge on any atom is -0.481 e. The topological polar surface area (TPSA) is 104 Å². The van der Waals surface area contributed by atoms with Crippen LogP contribution in [0.15, 0.2) is 0 Å². The van der Waals surface area contributed by atoms with Crippen molar-refractivity contribution in [2.75, 3.05) is 11.9 Å². The first-order valence-corrected chi connectivity index (χ1v) is 5.52. The maximum atomic E-state index is 11.2. The number of aliphatic carboxylic acids is 1. The molecule has 0 aliphatic rings. The smallest absolute Gasteiger partial charge is 0.321 e. The summed E-state index contributed by atoms with van der Waals surface area (Å²) in [5.41, 5.74) is 0. The van der Waals surface area contributed by atoms with Crippen molar-refractivity contribution < 1.29 is 14.7 Å². The molecule has 0 saturated carbocycles. The summed E-state index contributed by atoms with van der Waals surface area (Å²) in [5.74, 6) is -0.954.